The molecule has 0 aromatic carbocycles. The molecular weight excluding hydrogens is 190 g/mol. The summed E-state index contributed by atoms with van der Waals surface area (Å²) >= 11 is 0. The van der Waals surface area contributed by atoms with Crippen LogP contribution in [0.2, 0.25) is 0 Å². The average Bonchev–Trinajstić information content (AvgIpc) is 2.18. The molecule has 1 aliphatic heterocycles. The van der Waals surface area contributed by atoms with E-state index in [0.717, 1.165) is 32.4 Å². The third-order valence-corrected chi connectivity index (χ3v) is 2.71. The second-order valence-electron chi connectivity index (χ2n) is 4.75. The fourth-order valence-corrected chi connectivity index (χ4v) is 1.84. The zero-order chi connectivity index (χ0) is 11.1. The van der Waals surface area contributed by atoms with Crippen LogP contribution in [0.25, 0.3) is 0 Å². The number of nitrogens with one attached hydrogen (secondary N) is 1. The fraction of sp³-hybridized carbons (Fsp3) is 0.917. The van der Waals surface area contributed by atoms with E-state index in [4.69, 9.17) is 4.74 Å². The Labute approximate surface area is 92.6 Å². The Morgan fingerprint density at radius 1 is 1.53 bits per heavy atom. The standard InChI is InChI=1S/C12H23NO2/c1-10(2)4-3-5-12(14)8-11-9-15-7-6-13-11/h10-11,13H,3-9H2,1-2H3. The molecular formula is C12H23NO2. The maximum absolute atomic E-state index is 11.6. The largest absolute Gasteiger partial charge is 0.379 e. The van der Waals surface area contributed by atoms with Crippen LogP contribution in [0.4, 0.5) is 0 Å². The van der Waals surface area contributed by atoms with Gasteiger partial charge in [-0.1, -0.05) is 20.3 Å². The molecule has 1 atom stereocenters. The first-order valence-corrected chi connectivity index (χ1v) is 6.01. The van der Waals surface area contributed by atoms with Crippen molar-refractivity contribution >= 4 is 5.78 Å². The first kappa shape index (κ1) is 12.7. The van der Waals surface area contributed by atoms with Crippen molar-refractivity contribution in [2.45, 2.75) is 45.6 Å². The van der Waals surface area contributed by atoms with Gasteiger partial charge in [0.2, 0.25) is 0 Å². The third kappa shape index (κ3) is 5.90. The highest BCUT2D eigenvalue weighted by Gasteiger charge is 2.16. The molecule has 0 spiro atoms. The van der Waals surface area contributed by atoms with Crippen LogP contribution in [0.15, 0.2) is 0 Å². The summed E-state index contributed by atoms with van der Waals surface area (Å²) in [5.74, 6) is 1.08. The maximum Gasteiger partial charge on any atom is 0.134 e. The van der Waals surface area contributed by atoms with Gasteiger partial charge in [0.05, 0.1) is 13.2 Å². The number of Topliss-reactive ketones (excluding diaryl/α,β-unsaturated/α-hetero) is 1. The van der Waals surface area contributed by atoms with Crippen LogP contribution in [-0.2, 0) is 9.53 Å². The molecule has 0 saturated carbocycles. The lowest BCUT2D eigenvalue weighted by molar-refractivity contribution is -0.120. The van der Waals surface area contributed by atoms with Gasteiger partial charge in [-0.05, 0) is 12.3 Å². The summed E-state index contributed by atoms with van der Waals surface area (Å²) < 4.78 is 5.31. The molecule has 0 aromatic heterocycles. The van der Waals surface area contributed by atoms with E-state index >= 15 is 0 Å². The van der Waals surface area contributed by atoms with Crippen LogP contribution in [0.1, 0.15) is 39.5 Å². The third-order valence-electron chi connectivity index (χ3n) is 2.71. The van der Waals surface area contributed by atoms with Gasteiger partial charge in [0, 0.05) is 25.4 Å². The summed E-state index contributed by atoms with van der Waals surface area (Å²) in [7, 11) is 0. The summed E-state index contributed by atoms with van der Waals surface area (Å²) in [6.45, 7) is 6.74. The van der Waals surface area contributed by atoms with Gasteiger partial charge >= 0.3 is 0 Å². The van der Waals surface area contributed by atoms with Gasteiger partial charge in [-0.2, -0.15) is 0 Å². The second kappa shape index (κ2) is 6.96. The van der Waals surface area contributed by atoms with E-state index in [1.807, 2.05) is 0 Å². The minimum atomic E-state index is 0.255. The topological polar surface area (TPSA) is 38.3 Å². The van der Waals surface area contributed by atoms with E-state index < -0.39 is 0 Å². The van der Waals surface area contributed by atoms with Gasteiger partial charge < -0.3 is 10.1 Å². The average molecular weight is 213 g/mol. The molecule has 0 aromatic rings. The van der Waals surface area contributed by atoms with Gasteiger partial charge in [0.25, 0.3) is 0 Å². The van der Waals surface area contributed by atoms with E-state index in [0.29, 0.717) is 24.7 Å². The van der Waals surface area contributed by atoms with Crippen molar-refractivity contribution in [2.75, 3.05) is 19.8 Å². The molecule has 0 amide bonds. The van der Waals surface area contributed by atoms with Crippen LogP contribution < -0.4 is 5.32 Å². The first-order chi connectivity index (χ1) is 7.18. The zero-order valence-corrected chi connectivity index (χ0v) is 9.92. The lowest BCUT2D eigenvalue weighted by Gasteiger charge is -2.23. The predicted molar refractivity (Wildman–Crippen MR) is 60.9 cm³/mol. The molecule has 3 heteroatoms. The SMILES string of the molecule is CC(C)CCCC(=O)CC1COCCN1. The number of morpholine rings is 1. The molecule has 15 heavy (non-hydrogen) atoms. The number of hydrogen-bond donors (Lipinski definition) is 1. The van der Waals surface area contributed by atoms with Crippen LogP contribution in [0.5, 0.6) is 0 Å². The first-order valence-electron chi connectivity index (χ1n) is 6.01. The maximum atomic E-state index is 11.6. The van der Waals surface area contributed by atoms with Crippen LogP contribution in [-0.4, -0.2) is 31.6 Å². The van der Waals surface area contributed by atoms with E-state index in [1.165, 1.54) is 0 Å². The van der Waals surface area contributed by atoms with Crippen molar-refractivity contribution in [2.24, 2.45) is 5.92 Å². The lowest BCUT2D eigenvalue weighted by atomic mass is 10.0. The van der Waals surface area contributed by atoms with Gasteiger partial charge in [-0.15, -0.1) is 0 Å². The van der Waals surface area contributed by atoms with Crippen molar-refractivity contribution in [3.63, 3.8) is 0 Å². The highest BCUT2D eigenvalue weighted by Crippen LogP contribution is 2.09. The Morgan fingerprint density at radius 3 is 2.93 bits per heavy atom. The molecule has 88 valence electrons. The van der Waals surface area contributed by atoms with Crippen molar-refractivity contribution in [3.05, 3.63) is 0 Å². The number of carbonyl (C=O) groups excluding carboxylic acids is 1. The molecule has 1 N–H and O–H groups in total. The molecule has 1 rings (SSSR count). The fourth-order valence-electron chi connectivity index (χ4n) is 1.84. The highest BCUT2D eigenvalue weighted by atomic mass is 16.5. The molecule has 0 aliphatic carbocycles. The molecule has 1 aliphatic rings. The monoisotopic (exact) mass is 213 g/mol. The summed E-state index contributed by atoms with van der Waals surface area (Å²) in [6.07, 6.45) is 3.55. The Morgan fingerprint density at radius 2 is 2.33 bits per heavy atom. The zero-order valence-electron chi connectivity index (χ0n) is 9.92. The summed E-state index contributed by atoms with van der Waals surface area (Å²) in [5.41, 5.74) is 0. The smallest absolute Gasteiger partial charge is 0.134 e. The van der Waals surface area contributed by atoms with Gasteiger partial charge in [-0.3, -0.25) is 4.79 Å². The number of ether oxygens (including phenoxy) is 1. The molecule has 3 nitrogen and oxygen atoms in total. The van der Waals surface area contributed by atoms with Crippen molar-refractivity contribution in [3.8, 4) is 0 Å². The number of hydrogen-bond acceptors (Lipinski definition) is 3. The Kier molecular flexibility index (Phi) is 5.88. The molecule has 1 saturated heterocycles. The highest BCUT2D eigenvalue weighted by molar-refractivity contribution is 5.78. The van der Waals surface area contributed by atoms with E-state index in [1.54, 1.807) is 0 Å². The van der Waals surface area contributed by atoms with Crippen LogP contribution in [0.3, 0.4) is 0 Å². The Balaban J connectivity index is 2.06. The van der Waals surface area contributed by atoms with Gasteiger partial charge in [-0.25, -0.2) is 0 Å². The minimum absolute atomic E-state index is 0.255. The predicted octanol–water partition coefficient (Wildman–Crippen LogP) is 1.76. The normalized spacial score (nSPS) is 21.9. The molecule has 1 fully saturated rings. The molecule has 1 unspecified atom stereocenters. The number of ketones is 1. The molecule has 0 bridgehead atoms. The van der Waals surface area contributed by atoms with Crippen molar-refractivity contribution in [1.82, 2.24) is 5.32 Å². The second-order valence-corrected chi connectivity index (χ2v) is 4.75. The van der Waals surface area contributed by atoms with Crippen LogP contribution >= 0.6 is 0 Å². The summed E-state index contributed by atoms with van der Waals surface area (Å²) in [5, 5.41) is 3.30. The van der Waals surface area contributed by atoms with E-state index in [9.17, 15) is 4.79 Å². The van der Waals surface area contributed by atoms with Crippen LogP contribution in [0, 0.1) is 5.92 Å². The van der Waals surface area contributed by atoms with Crippen molar-refractivity contribution < 1.29 is 9.53 Å². The lowest BCUT2D eigenvalue weighted by Crippen LogP contribution is -2.42. The number of rotatable bonds is 6. The Bertz CT molecular complexity index is 186. The quantitative estimate of drug-likeness (QED) is 0.730. The van der Waals surface area contributed by atoms with Gasteiger partial charge in [0.15, 0.2) is 0 Å². The van der Waals surface area contributed by atoms with Crippen molar-refractivity contribution in [1.29, 1.82) is 0 Å². The summed E-state index contributed by atoms with van der Waals surface area (Å²) in [4.78, 5) is 11.6. The van der Waals surface area contributed by atoms with Gasteiger partial charge in [0.1, 0.15) is 5.78 Å². The van der Waals surface area contributed by atoms with E-state index in [2.05, 4.69) is 19.2 Å². The number of carbonyl (C=O) groups is 1. The molecule has 0 radical (unpaired) electrons. The molecule has 1 heterocycles. The minimum Gasteiger partial charge on any atom is -0.379 e. The summed E-state index contributed by atoms with van der Waals surface area (Å²) in [6, 6.07) is 0.255. The Hall–Kier alpha value is -0.410. The van der Waals surface area contributed by atoms with E-state index in [-0.39, 0.29) is 6.04 Å².